The molecule has 4 heteroatoms. The van der Waals surface area contributed by atoms with E-state index in [2.05, 4.69) is 44.8 Å². The Hall–Kier alpha value is -3.42. The number of carbonyl (C=O) groups excluding carboxylic acids is 1. The Morgan fingerprint density at radius 3 is 2.38 bits per heavy atom. The van der Waals surface area contributed by atoms with Crippen molar-refractivity contribution < 1.29 is 4.79 Å². The van der Waals surface area contributed by atoms with E-state index in [-0.39, 0.29) is 11.4 Å². The Balaban J connectivity index is 1.75. The van der Waals surface area contributed by atoms with Gasteiger partial charge in [-0.15, -0.1) is 0 Å². The summed E-state index contributed by atoms with van der Waals surface area (Å²) in [5.41, 5.74) is 3.73. The van der Waals surface area contributed by atoms with Crippen molar-refractivity contribution in [3.63, 3.8) is 0 Å². The second-order valence-electron chi connectivity index (χ2n) is 6.72. The van der Waals surface area contributed by atoms with Crippen molar-refractivity contribution in [2.75, 3.05) is 0 Å². The normalized spacial score (nSPS) is 11.4. The molecule has 0 unspecified atom stereocenters. The first-order valence-electron chi connectivity index (χ1n) is 9.19. The highest BCUT2D eigenvalue weighted by molar-refractivity contribution is 9.10. The number of fused-ring (bicyclic) bond motifs is 1. The molecule has 0 bridgehead atoms. The van der Waals surface area contributed by atoms with Crippen LogP contribution in [0.1, 0.15) is 21.5 Å². The summed E-state index contributed by atoms with van der Waals surface area (Å²) in [6, 6.07) is 27.2. The van der Waals surface area contributed by atoms with Crippen LogP contribution in [0.15, 0.2) is 95.1 Å². The van der Waals surface area contributed by atoms with Gasteiger partial charge in [-0.25, -0.2) is 0 Å². The standard InChI is InChI=1S/C25H17BrN2O/c26-22-12-10-18(11-13-22)16-28-17-21(23-8-4-5-9-24(23)28)14-20(15-27)25(29)19-6-2-1-3-7-19/h1-14,17H,16H2. The molecule has 0 amide bonds. The monoisotopic (exact) mass is 440 g/mol. The zero-order chi connectivity index (χ0) is 20.2. The average Bonchev–Trinajstić information content (AvgIpc) is 3.11. The van der Waals surface area contributed by atoms with Gasteiger partial charge in [0.25, 0.3) is 0 Å². The number of hydrogen-bond donors (Lipinski definition) is 0. The SMILES string of the molecule is N#CC(=Cc1cn(Cc2ccc(Br)cc2)c2ccccc12)C(=O)c1ccccc1. The molecule has 0 N–H and O–H groups in total. The van der Waals surface area contributed by atoms with Crippen LogP contribution in [0.25, 0.3) is 17.0 Å². The maximum Gasteiger partial charge on any atom is 0.203 e. The molecule has 0 aliphatic heterocycles. The maximum absolute atomic E-state index is 12.7. The van der Waals surface area contributed by atoms with Gasteiger partial charge >= 0.3 is 0 Å². The van der Waals surface area contributed by atoms with Crippen LogP contribution in [0.4, 0.5) is 0 Å². The molecule has 0 radical (unpaired) electrons. The summed E-state index contributed by atoms with van der Waals surface area (Å²) in [5.74, 6) is -0.266. The molecule has 0 aliphatic carbocycles. The van der Waals surface area contributed by atoms with Gasteiger partial charge in [-0.1, -0.05) is 76.6 Å². The van der Waals surface area contributed by atoms with Crippen molar-refractivity contribution in [2.24, 2.45) is 0 Å². The average molecular weight is 441 g/mol. The van der Waals surface area contributed by atoms with Crippen LogP contribution in [-0.2, 0) is 6.54 Å². The van der Waals surface area contributed by atoms with Gasteiger partial charge in [-0.05, 0) is 29.8 Å². The zero-order valence-corrected chi connectivity index (χ0v) is 17.1. The van der Waals surface area contributed by atoms with Crippen LogP contribution < -0.4 is 0 Å². The number of carbonyl (C=O) groups is 1. The number of para-hydroxylation sites is 1. The molecular formula is C25H17BrN2O. The van der Waals surface area contributed by atoms with Crippen LogP contribution in [-0.4, -0.2) is 10.4 Å². The molecule has 1 aromatic heterocycles. The van der Waals surface area contributed by atoms with E-state index in [1.54, 1.807) is 30.3 Å². The van der Waals surface area contributed by atoms with Crippen molar-refractivity contribution in [1.82, 2.24) is 4.57 Å². The number of Topliss-reactive ketones (excluding diaryl/α,β-unsaturated/α-hetero) is 1. The summed E-state index contributed by atoms with van der Waals surface area (Å²) in [6.45, 7) is 0.705. The fraction of sp³-hybridized carbons (Fsp3) is 0.0400. The minimum absolute atomic E-state index is 0.128. The van der Waals surface area contributed by atoms with Crippen LogP contribution in [0.3, 0.4) is 0 Å². The fourth-order valence-electron chi connectivity index (χ4n) is 3.36. The predicted octanol–water partition coefficient (Wildman–Crippen LogP) is 6.24. The Morgan fingerprint density at radius 1 is 0.966 bits per heavy atom. The molecule has 0 fully saturated rings. The van der Waals surface area contributed by atoms with Crippen molar-refractivity contribution >= 4 is 38.7 Å². The quantitative estimate of drug-likeness (QED) is 0.209. The van der Waals surface area contributed by atoms with Crippen LogP contribution in [0.2, 0.25) is 0 Å². The number of ketones is 1. The highest BCUT2D eigenvalue weighted by Gasteiger charge is 2.14. The Bertz CT molecular complexity index is 1250. The van der Waals surface area contributed by atoms with E-state index < -0.39 is 0 Å². The summed E-state index contributed by atoms with van der Waals surface area (Å²) in [4.78, 5) is 12.7. The largest absolute Gasteiger partial charge is 0.342 e. The van der Waals surface area contributed by atoms with E-state index in [1.807, 2.05) is 42.6 Å². The third-order valence-corrected chi connectivity index (χ3v) is 5.32. The molecule has 3 aromatic carbocycles. The molecule has 0 saturated heterocycles. The van der Waals surface area contributed by atoms with Crippen LogP contribution in [0.5, 0.6) is 0 Å². The number of aromatic nitrogens is 1. The first-order valence-corrected chi connectivity index (χ1v) is 9.99. The molecule has 0 saturated carbocycles. The van der Waals surface area contributed by atoms with Gasteiger partial charge in [0.1, 0.15) is 11.6 Å². The molecule has 3 nitrogen and oxygen atoms in total. The van der Waals surface area contributed by atoms with Gasteiger partial charge in [0.15, 0.2) is 0 Å². The molecule has 4 aromatic rings. The van der Waals surface area contributed by atoms with Crippen molar-refractivity contribution in [3.05, 3.63) is 112 Å². The van der Waals surface area contributed by atoms with Gasteiger partial charge < -0.3 is 4.57 Å². The maximum atomic E-state index is 12.7. The Labute approximate surface area is 177 Å². The smallest absolute Gasteiger partial charge is 0.203 e. The van der Waals surface area contributed by atoms with Gasteiger partial charge in [0, 0.05) is 39.2 Å². The highest BCUT2D eigenvalue weighted by Crippen LogP contribution is 2.25. The minimum Gasteiger partial charge on any atom is -0.342 e. The number of nitriles is 1. The van der Waals surface area contributed by atoms with Gasteiger partial charge in [-0.3, -0.25) is 4.79 Å². The lowest BCUT2D eigenvalue weighted by Gasteiger charge is -2.05. The van der Waals surface area contributed by atoms with Crippen LogP contribution in [0, 0.1) is 11.3 Å². The third kappa shape index (κ3) is 4.06. The number of halogens is 1. The van der Waals surface area contributed by atoms with E-state index in [0.29, 0.717) is 12.1 Å². The second kappa shape index (κ2) is 8.30. The summed E-state index contributed by atoms with van der Waals surface area (Å²) in [7, 11) is 0. The van der Waals surface area contributed by atoms with Gasteiger partial charge in [0.2, 0.25) is 5.78 Å². The van der Waals surface area contributed by atoms with E-state index in [1.165, 1.54) is 5.56 Å². The molecule has 0 atom stereocenters. The van der Waals surface area contributed by atoms with Crippen molar-refractivity contribution in [1.29, 1.82) is 5.26 Å². The van der Waals surface area contributed by atoms with E-state index >= 15 is 0 Å². The number of allylic oxidation sites excluding steroid dienone is 1. The Morgan fingerprint density at radius 2 is 1.66 bits per heavy atom. The number of hydrogen-bond acceptors (Lipinski definition) is 2. The topological polar surface area (TPSA) is 45.8 Å². The van der Waals surface area contributed by atoms with Gasteiger partial charge in [-0.2, -0.15) is 5.26 Å². The number of benzene rings is 3. The van der Waals surface area contributed by atoms with E-state index in [0.717, 1.165) is 20.9 Å². The molecular weight excluding hydrogens is 424 g/mol. The molecule has 1 heterocycles. The van der Waals surface area contributed by atoms with Crippen LogP contribution >= 0.6 is 15.9 Å². The zero-order valence-electron chi connectivity index (χ0n) is 15.5. The summed E-state index contributed by atoms with van der Waals surface area (Å²) in [5, 5.41) is 10.6. The summed E-state index contributed by atoms with van der Waals surface area (Å²) >= 11 is 3.47. The van der Waals surface area contributed by atoms with E-state index in [4.69, 9.17) is 0 Å². The molecule has 0 spiro atoms. The lowest BCUT2D eigenvalue weighted by atomic mass is 10.0. The second-order valence-corrected chi connectivity index (χ2v) is 7.64. The molecule has 0 aliphatic rings. The Kier molecular flexibility index (Phi) is 5.41. The third-order valence-electron chi connectivity index (χ3n) is 4.79. The van der Waals surface area contributed by atoms with Crippen molar-refractivity contribution in [2.45, 2.75) is 6.54 Å². The lowest BCUT2D eigenvalue weighted by Crippen LogP contribution is -2.01. The first-order chi connectivity index (χ1) is 14.2. The summed E-state index contributed by atoms with van der Waals surface area (Å²) < 4.78 is 3.19. The fourth-order valence-corrected chi connectivity index (χ4v) is 3.62. The molecule has 140 valence electrons. The lowest BCUT2D eigenvalue weighted by molar-refractivity contribution is 0.104. The first kappa shape index (κ1) is 18.9. The molecule has 4 rings (SSSR count). The van der Waals surface area contributed by atoms with Gasteiger partial charge in [0.05, 0.1) is 0 Å². The molecule has 29 heavy (non-hydrogen) atoms. The number of rotatable bonds is 5. The minimum atomic E-state index is -0.266. The highest BCUT2D eigenvalue weighted by atomic mass is 79.9. The number of nitrogens with zero attached hydrogens (tertiary/aromatic N) is 2. The predicted molar refractivity (Wildman–Crippen MR) is 120 cm³/mol. The van der Waals surface area contributed by atoms with Crippen molar-refractivity contribution in [3.8, 4) is 6.07 Å². The van der Waals surface area contributed by atoms with E-state index in [9.17, 15) is 10.1 Å². The summed E-state index contributed by atoms with van der Waals surface area (Å²) in [6.07, 6.45) is 3.69.